The molecule has 0 aliphatic rings. The fourth-order valence-electron chi connectivity index (χ4n) is 0.955. The lowest BCUT2D eigenvalue weighted by molar-refractivity contribution is 0.0690. The highest BCUT2D eigenvalue weighted by Crippen LogP contribution is 2.07. The van der Waals surface area contributed by atoms with Crippen molar-refractivity contribution in [2.45, 2.75) is 0 Å². The van der Waals surface area contributed by atoms with E-state index in [-0.39, 0.29) is 5.69 Å². The zero-order valence-corrected chi connectivity index (χ0v) is 8.67. The van der Waals surface area contributed by atoms with Gasteiger partial charge in [0.05, 0.1) is 0 Å². The van der Waals surface area contributed by atoms with E-state index in [9.17, 15) is 4.79 Å². The third-order valence-electron chi connectivity index (χ3n) is 1.61. The second kappa shape index (κ2) is 5.49. The lowest BCUT2D eigenvalue weighted by atomic mass is 10.3. The van der Waals surface area contributed by atoms with Gasteiger partial charge in [0.15, 0.2) is 0 Å². The predicted octanol–water partition coefficient (Wildman–Crippen LogP) is 1.55. The summed E-state index contributed by atoms with van der Waals surface area (Å²) in [6, 6.07) is 3.29. The first-order valence-corrected chi connectivity index (χ1v) is 5.55. The maximum absolute atomic E-state index is 10.6. The zero-order chi connectivity index (χ0) is 10.4. The number of pyridine rings is 1. The highest BCUT2D eigenvalue weighted by molar-refractivity contribution is 7.98. The minimum Gasteiger partial charge on any atom is -0.477 e. The third kappa shape index (κ3) is 3.26. The van der Waals surface area contributed by atoms with E-state index in [0.717, 1.165) is 18.0 Å². The number of aromatic nitrogens is 1. The summed E-state index contributed by atoms with van der Waals surface area (Å²) < 4.78 is 0. The molecule has 0 saturated heterocycles. The fourth-order valence-corrected chi connectivity index (χ4v) is 1.26. The Labute approximate surface area is 86.7 Å². The minimum atomic E-state index is -1.00. The van der Waals surface area contributed by atoms with Crippen LogP contribution in [-0.2, 0) is 0 Å². The molecule has 2 N–H and O–H groups in total. The Hall–Kier alpha value is -1.23. The smallest absolute Gasteiger partial charge is 0.354 e. The number of aromatic carboxylic acids is 1. The largest absolute Gasteiger partial charge is 0.477 e. The van der Waals surface area contributed by atoms with E-state index >= 15 is 0 Å². The van der Waals surface area contributed by atoms with Crippen LogP contribution in [-0.4, -0.2) is 34.6 Å². The van der Waals surface area contributed by atoms with Crippen molar-refractivity contribution in [3.8, 4) is 0 Å². The summed E-state index contributed by atoms with van der Waals surface area (Å²) in [5, 5.41) is 11.8. The SMILES string of the molecule is CSCCNc1ccnc(C(=O)O)c1. The van der Waals surface area contributed by atoms with Gasteiger partial charge in [-0.1, -0.05) is 0 Å². The minimum absolute atomic E-state index is 0.0687. The van der Waals surface area contributed by atoms with Gasteiger partial charge in [0.1, 0.15) is 5.69 Å². The van der Waals surface area contributed by atoms with Gasteiger partial charge in [0.25, 0.3) is 0 Å². The van der Waals surface area contributed by atoms with Crippen molar-refractivity contribution < 1.29 is 9.90 Å². The van der Waals surface area contributed by atoms with Crippen LogP contribution in [0.25, 0.3) is 0 Å². The predicted molar refractivity (Wildman–Crippen MR) is 58.1 cm³/mol. The number of thioether (sulfide) groups is 1. The Morgan fingerprint density at radius 1 is 1.71 bits per heavy atom. The molecule has 0 saturated carbocycles. The highest BCUT2D eigenvalue weighted by Gasteiger charge is 2.03. The first-order chi connectivity index (χ1) is 6.74. The standard InChI is InChI=1S/C9H12N2O2S/c1-14-5-4-10-7-2-3-11-8(6-7)9(12)13/h2-3,6H,4-5H2,1H3,(H,10,11)(H,12,13). The van der Waals surface area contributed by atoms with Gasteiger partial charge in [-0.05, 0) is 18.4 Å². The number of hydrogen-bond donors (Lipinski definition) is 2. The summed E-state index contributed by atoms with van der Waals surface area (Å²) in [4.78, 5) is 14.3. The van der Waals surface area contributed by atoms with Crippen molar-refractivity contribution >= 4 is 23.4 Å². The number of carboxylic acid groups (broad SMARTS) is 1. The van der Waals surface area contributed by atoms with E-state index < -0.39 is 5.97 Å². The molecule has 0 radical (unpaired) electrons. The van der Waals surface area contributed by atoms with Crippen LogP contribution in [0.3, 0.4) is 0 Å². The molecule has 0 atom stereocenters. The molecule has 1 aromatic heterocycles. The summed E-state index contributed by atoms with van der Waals surface area (Å²) in [5.41, 5.74) is 0.866. The van der Waals surface area contributed by atoms with Crippen LogP contribution >= 0.6 is 11.8 Å². The van der Waals surface area contributed by atoms with Crippen LogP contribution in [0, 0.1) is 0 Å². The molecule has 0 bridgehead atoms. The molecule has 0 amide bonds. The lowest BCUT2D eigenvalue weighted by Gasteiger charge is -2.04. The van der Waals surface area contributed by atoms with E-state index in [4.69, 9.17) is 5.11 Å². The van der Waals surface area contributed by atoms with Crippen molar-refractivity contribution in [2.75, 3.05) is 23.9 Å². The number of anilines is 1. The van der Waals surface area contributed by atoms with Gasteiger partial charge in [-0.15, -0.1) is 0 Å². The molecule has 0 aliphatic heterocycles. The van der Waals surface area contributed by atoms with Crippen molar-refractivity contribution in [3.05, 3.63) is 24.0 Å². The maximum atomic E-state index is 10.6. The fraction of sp³-hybridized carbons (Fsp3) is 0.333. The highest BCUT2D eigenvalue weighted by atomic mass is 32.2. The van der Waals surface area contributed by atoms with Gasteiger partial charge in [-0.3, -0.25) is 0 Å². The first-order valence-electron chi connectivity index (χ1n) is 4.16. The van der Waals surface area contributed by atoms with Gasteiger partial charge in [0.2, 0.25) is 0 Å². The van der Waals surface area contributed by atoms with Crippen LogP contribution in [0.4, 0.5) is 5.69 Å². The monoisotopic (exact) mass is 212 g/mol. The van der Waals surface area contributed by atoms with E-state index in [0.29, 0.717) is 0 Å². The van der Waals surface area contributed by atoms with Gasteiger partial charge >= 0.3 is 5.97 Å². The van der Waals surface area contributed by atoms with E-state index in [1.165, 1.54) is 12.3 Å². The van der Waals surface area contributed by atoms with Gasteiger partial charge in [-0.2, -0.15) is 11.8 Å². The molecule has 0 unspecified atom stereocenters. The third-order valence-corrected chi connectivity index (χ3v) is 2.23. The topological polar surface area (TPSA) is 62.2 Å². The molecule has 0 spiro atoms. The van der Waals surface area contributed by atoms with Crippen molar-refractivity contribution in [1.29, 1.82) is 0 Å². The number of hydrogen-bond acceptors (Lipinski definition) is 4. The van der Waals surface area contributed by atoms with Gasteiger partial charge in [0, 0.05) is 24.2 Å². The molecule has 76 valence electrons. The second-order valence-corrected chi connectivity index (χ2v) is 3.64. The van der Waals surface area contributed by atoms with Crippen LogP contribution in [0.1, 0.15) is 10.5 Å². The molecule has 0 fully saturated rings. The summed E-state index contributed by atoms with van der Waals surface area (Å²) in [7, 11) is 0. The number of rotatable bonds is 5. The molecule has 0 aromatic carbocycles. The Morgan fingerprint density at radius 2 is 2.50 bits per heavy atom. The number of nitrogens with one attached hydrogen (secondary N) is 1. The van der Waals surface area contributed by atoms with Crippen molar-refractivity contribution in [3.63, 3.8) is 0 Å². The Balaban J connectivity index is 2.59. The summed E-state index contributed by atoms with van der Waals surface area (Å²) in [6.45, 7) is 0.824. The average molecular weight is 212 g/mol. The van der Waals surface area contributed by atoms with Crippen molar-refractivity contribution in [2.24, 2.45) is 0 Å². The Bertz CT molecular complexity index is 317. The van der Waals surface area contributed by atoms with E-state index in [2.05, 4.69) is 10.3 Å². The molecule has 0 aliphatic carbocycles. The molecule has 1 aromatic rings. The number of carboxylic acids is 1. The maximum Gasteiger partial charge on any atom is 0.354 e. The molecule has 14 heavy (non-hydrogen) atoms. The quantitative estimate of drug-likeness (QED) is 0.725. The molecular formula is C9H12N2O2S. The summed E-state index contributed by atoms with van der Waals surface area (Å²) in [5.74, 6) is -0.0106. The summed E-state index contributed by atoms with van der Waals surface area (Å²) in [6.07, 6.45) is 3.52. The lowest BCUT2D eigenvalue weighted by Crippen LogP contribution is -2.06. The van der Waals surface area contributed by atoms with Crippen LogP contribution in [0.2, 0.25) is 0 Å². The van der Waals surface area contributed by atoms with Crippen LogP contribution < -0.4 is 5.32 Å². The molecule has 5 heteroatoms. The number of carbonyl (C=O) groups is 1. The summed E-state index contributed by atoms with van der Waals surface area (Å²) >= 11 is 1.74. The first kappa shape index (κ1) is 10.8. The number of nitrogens with zero attached hydrogens (tertiary/aromatic N) is 1. The molecule has 1 heterocycles. The molecular weight excluding hydrogens is 200 g/mol. The van der Waals surface area contributed by atoms with E-state index in [1.54, 1.807) is 17.8 Å². The van der Waals surface area contributed by atoms with Crippen LogP contribution in [0.5, 0.6) is 0 Å². The van der Waals surface area contributed by atoms with E-state index in [1.807, 2.05) is 6.26 Å². The second-order valence-electron chi connectivity index (χ2n) is 2.65. The van der Waals surface area contributed by atoms with Gasteiger partial charge < -0.3 is 10.4 Å². The normalized spacial score (nSPS) is 9.79. The Morgan fingerprint density at radius 3 is 3.14 bits per heavy atom. The van der Waals surface area contributed by atoms with Crippen molar-refractivity contribution in [1.82, 2.24) is 4.98 Å². The Kier molecular flexibility index (Phi) is 4.25. The van der Waals surface area contributed by atoms with Crippen LogP contribution in [0.15, 0.2) is 18.3 Å². The molecule has 1 rings (SSSR count). The van der Waals surface area contributed by atoms with Gasteiger partial charge in [-0.25, -0.2) is 9.78 Å². The zero-order valence-electron chi connectivity index (χ0n) is 7.86. The average Bonchev–Trinajstić information content (AvgIpc) is 2.19. The molecule has 4 nitrogen and oxygen atoms in total.